The van der Waals surface area contributed by atoms with Gasteiger partial charge in [0.15, 0.2) is 27.3 Å². The maximum Gasteiger partial charge on any atom is 0.255 e. The van der Waals surface area contributed by atoms with Crippen LogP contribution in [0.5, 0.6) is 0 Å². The molecule has 2 aromatic rings. The second-order valence-electron chi connectivity index (χ2n) is 10.1. The van der Waals surface area contributed by atoms with Gasteiger partial charge in [-0.1, -0.05) is 11.6 Å². The highest BCUT2D eigenvalue weighted by Crippen LogP contribution is 2.52. The molecule has 214 valence electrons. The molecular formula is C26H29ClF3NO7S. The number of hydrogen-bond acceptors (Lipinski definition) is 7. The molecule has 0 radical (unpaired) electrons. The first-order valence-corrected chi connectivity index (χ1v) is 14.3. The van der Waals surface area contributed by atoms with E-state index in [-0.39, 0.29) is 65.7 Å². The summed E-state index contributed by atoms with van der Waals surface area (Å²) in [6, 6.07) is 4.79. The van der Waals surface area contributed by atoms with Gasteiger partial charge in [-0.05, 0) is 55.7 Å². The molecule has 2 aliphatic rings. The molecular weight excluding hydrogens is 563 g/mol. The fraction of sp³-hybridized carbons (Fsp3) is 0.500. The largest absolute Gasteiger partial charge is 0.388 e. The Morgan fingerprint density at radius 2 is 1.74 bits per heavy atom. The standard InChI is InChI=1S/C26H29ClF3NO7S/c1-37-11-18(32)12-38-13-26(34)15-3-4-16(26)8-19(7-15)39(35,36)23-6-14(2-5-20(23)27)25(33)31-17-9-21(28)24(30)22(29)10-17/h2,5-6,9-10,15-16,18-19,32,34H,3-4,7-8,11-13H2,1H3,(H,31,33)/t15?,16?,18-,19-,26-/m1/s1. The predicted molar refractivity (Wildman–Crippen MR) is 136 cm³/mol. The number of methoxy groups -OCH3 is 1. The molecule has 3 N–H and O–H groups in total. The van der Waals surface area contributed by atoms with Gasteiger partial charge in [0.25, 0.3) is 5.91 Å². The van der Waals surface area contributed by atoms with Crippen LogP contribution in [0.2, 0.25) is 5.02 Å². The van der Waals surface area contributed by atoms with Crippen molar-refractivity contribution >= 4 is 33.0 Å². The Morgan fingerprint density at radius 3 is 2.33 bits per heavy atom. The zero-order valence-corrected chi connectivity index (χ0v) is 22.6. The highest BCUT2D eigenvalue weighted by Gasteiger charge is 2.56. The number of ether oxygens (including phenoxy) is 2. The molecule has 0 saturated heterocycles. The fourth-order valence-electron chi connectivity index (χ4n) is 5.57. The zero-order chi connectivity index (χ0) is 28.5. The number of carbonyl (C=O) groups excluding carboxylic acids is 1. The number of sulfone groups is 1. The molecule has 0 aliphatic heterocycles. The quantitative estimate of drug-likeness (QED) is 0.360. The first kappa shape index (κ1) is 29.8. The maximum absolute atomic E-state index is 13.7. The second-order valence-corrected chi connectivity index (χ2v) is 12.7. The molecule has 0 spiro atoms. The van der Waals surface area contributed by atoms with Crippen LogP contribution in [0.4, 0.5) is 18.9 Å². The third kappa shape index (κ3) is 6.10. The summed E-state index contributed by atoms with van der Waals surface area (Å²) < 4.78 is 78.0. The van der Waals surface area contributed by atoms with Gasteiger partial charge in [0.05, 0.1) is 40.6 Å². The number of fused-ring (bicyclic) bond motifs is 2. The number of rotatable bonds is 10. The number of hydrogen-bond donors (Lipinski definition) is 3. The van der Waals surface area contributed by atoms with Gasteiger partial charge in [-0.2, -0.15) is 0 Å². The Morgan fingerprint density at radius 1 is 1.13 bits per heavy atom. The molecule has 4 rings (SSSR count). The van der Waals surface area contributed by atoms with Crippen molar-refractivity contribution in [2.24, 2.45) is 11.8 Å². The Bertz CT molecular complexity index is 1310. The van der Waals surface area contributed by atoms with Crippen LogP contribution in [0, 0.1) is 29.3 Å². The van der Waals surface area contributed by atoms with Gasteiger partial charge in [0.1, 0.15) is 6.10 Å². The summed E-state index contributed by atoms with van der Waals surface area (Å²) in [6.07, 6.45) is 0.678. The van der Waals surface area contributed by atoms with E-state index in [1.165, 1.54) is 19.2 Å². The highest BCUT2D eigenvalue weighted by atomic mass is 35.5. The summed E-state index contributed by atoms with van der Waals surface area (Å²) in [6.45, 7) is 0.0109. The molecule has 39 heavy (non-hydrogen) atoms. The van der Waals surface area contributed by atoms with Gasteiger partial charge < -0.3 is 25.0 Å². The van der Waals surface area contributed by atoms with Crippen molar-refractivity contribution in [1.82, 2.24) is 0 Å². The molecule has 2 aliphatic carbocycles. The van der Waals surface area contributed by atoms with Gasteiger partial charge in [-0.15, -0.1) is 0 Å². The third-order valence-electron chi connectivity index (χ3n) is 7.56. The van der Waals surface area contributed by atoms with Crippen LogP contribution < -0.4 is 5.32 Å². The number of benzene rings is 2. The average Bonchev–Trinajstić information content (AvgIpc) is 3.03. The van der Waals surface area contributed by atoms with Crippen molar-refractivity contribution in [1.29, 1.82) is 0 Å². The number of anilines is 1. The van der Waals surface area contributed by atoms with Crippen LogP contribution in [0.25, 0.3) is 0 Å². The van der Waals surface area contributed by atoms with E-state index in [1.54, 1.807) is 0 Å². The van der Waals surface area contributed by atoms with E-state index >= 15 is 0 Å². The molecule has 13 heteroatoms. The Kier molecular flexibility index (Phi) is 8.94. The minimum Gasteiger partial charge on any atom is -0.388 e. The summed E-state index contributed by atoms with van der Waals surface area (Å²) >= 11 is 6.24. The number of aliphatic hydroxyl groups is 2. The van der Waals surface area contributed by atoms with E-state index in [4.69, 9.17) is 21.1 Å². The summed E-state index contributed by atoms with van der Waals surface area (Å²) in [4.78, 5) is 12.4. The normalized spacial score (nSPS) is 25.5. The lowest BCUT2D eigenvalue weighted by atomic mass is 9.75. The van der Waals surface area contributed by atoms with Crippen molar-refractivity contribution < 1.29 is 46.1 Å². The van der Waals surface area contributed by atoms with Crippen molar-refractivity contribution in [3.8, 4) is 0 Å². The lowest BCUT2D eigenvalue weighted by Gasteiger charge is -2.42. The van der Waals surface area contributed by atoms with Gasteiger partial charge in [-0.3, -0.25) is 4.79 Å². The van der Waals surface area contributed by atoms with Crippen LogP contribution in [0.15, 0.2) is 35.2 Å². The highest BCUT2D eigenvalue weighted by molar-refractivity contribution is 7.92. The van der Waals surface area contributed by atoms with Crippen LogP contribution in [0.1, 0.15) is 36.0 Å². The summed E-state index contributed by atoms with van der Waals surface area (Å²) in [5.74, 6) is -6.26. The van der Waals surface area contributed by atoms with E-state index in [9.17, 15) is 36.6 Å². The molecule has 1 amide bonds. The van der Waals surface area contributed by atoms with Crippen molar-refractivity contribution in [2.45, 2.75) is 47.5 Å². The van der Waals surface area contributed by atoms with E-state index in [0.29, 0.717) is 25.0 Å². The monoisotopic (exact) mass is 591 g/mol. The van der Waals surface area contributed by atoms with E-state index in [2.05, 4.69) is 5.32 Å². The second kappa shape index (κ2) is 11.7. The number of aliphatic hydroxyl groups excluding tert-OH is 1. The molecule has 2 aromatic carbocycles. The predicted octanol–water partition coefficient (Wildman–Crippen LogP) is 3.73. The van der Waals surface area contributed by atoms with Crippen LogP contribution in [0.3, 0.4) is 0 Å². The van der Waals surface area contributed by atoms with Crippen LogP contribution in [-0.2, 0) is 19.3 Å². The minimum absolute atomic E-state index is 0.0288. The smallest absolute Gasteiger partial charge is 0.255 e. The molecule has 2 fully saturated rings. The summed E-state index contributed by atoms with van der Waals surface area (Å²) in [5.41, 5.74) is -1.72. The van der Waals surface area contributed by atoms with Crippen molar-refractivity contribution in [3.63, 3.8) is 0 Å². The lowest BCUT2D eigenvalue weighted by molar-refractivity contribution is -0.125. The topological polar surface area (TPSA) is 122 Å². The van der Waals surface area contributed by atoms with E-state index < -0.39 is 50.2 Å². The van der Waals surface area contributed by atoms with E-state index in [0.717, 1.165) is 6.07 Å². The molecule has 2 bridgehead atoms. The van der Waals surface area contributed by atoms with Gasteiger partial charge in [0, 0.05) is 30.5 Å². The van der Waals surface area contributed by atoms with E-state index in [1.807, 2.05) is 0 Å². The minimum atomic E-state index is -4.05. The molecule has 2 unspecified atom stereocenters. The number of carbonyl (C=O) groups is 1. The van der Waals surface area contributed by atoms with Crippen molar-refractivity contribution in [2.75, 3.05) is 32.2 Å². The molecule has 0 aromatic heterocycles. The Balaban J connectivity index is 1.49. The number of halogens is 4. The molecule has 0 heterocycles. The van der Waals surface area contributed by atoms with Gasteiger partial charge in [0.2, 0.25) is 0 Å². The lowest BCUT2D eigenvalue weighted by Crippen LogP contribution is -2.51. The first-order valence-electron chi connectivity index (χ1n) is 12.3. The third-order valence-corrected chi connectivity index (χ3v) is 10.2. The Hall–Kier alpha value is -2.22. The fourth-order valence-corrected chi connectivity index (χ4v) is 7.97. The zero-order valence-electron chi connectivity index (χ0n) is 21.0. The van der Waals surface area contributed by atoms with Gasteiger partial charge in [-0.25, -0.2) is 21.6 Å². The molecule has 8 nitrogen and oxygen atoms in total. The first-order chi connectivity index (χ1) is 18.4. The van der Waals surface area contributed by atoms with Gasteiger partial charge >= 0.3 is 0 Å². The SMILES string of the molecule is COC[C@@H](O)COC[C@]1(O)C2CCC1C[C@@H](S(=O)(=O)c1cc(C(=O)Nc3cc(F)c(F)c(F)c3)ccc1Cl)C2. The maximum atomic E-state index is 13.7. The number of nitrogens with one attached hydrogen (secondary N) is 1. The molecule has 3 atom stereocenters. The molecule has 2 saturated carbocycles. The average molecular weight is 592 g/mol. The van der Waals surface area contributed by atoms with Crippen LogP contribution >= 0.6 is 11.6 Å². The summed E-state index contributed by atoms with van der Waals surface area (Å²) in [7, 11) is -2.60. The Labute approximate surface area is 229 Å². The van der Waals surface area contributed by atoms with Crippen molar-refractivity contribution in [3.05, 3.63) is 58.4 Å². The number of amides is 1. The van der Waals surface area contributed by atoms with Crippen LogP contribution in [-0.4, -0.2) is 68.4 Å². The summed E-state index contributed by atoms with van der Waals surface area (Å²) in [5, 5.41) is 22.4.